The monoisotopic (exact) mass is 402 g/mol. The number of aromatic nitrogens is 1. The number of carboxylic acid groups (broad SMARTS) is 1. The van der Waals surface area contributed by atoms with Gasteiger partial charge in [-0.2, -0.15) is 0 Å². The molecule has 0 atom stereocenters. The average molecular weight is 403 g/mol. The summed E-state index contributed by atoms with van der Waals surface area (Å²) in [5.41, 5.74) is 2.07. The Morgan fingerprint density at radius 2 is 2.07 bits per heavy atom. The molecule has 0 saturated carbocycles. The molecule has 28 heavy (non-hydrogen) atoms. The maximum absolute atomic E-state index is 11.4. The number of rotatable bonds is 8. The van der Waals surface area contributed by atoms with Crippen LogP contribution in [0.3, 0.4) is 0 Å². The van der Waals surface area contributed by atoms with Crippen molar-refractivity contribution in [2.24, 2.45) is 0 Å². The van der Waals surface area contributed by atoms with Gasteiger partial charge in [0.2, 0.25) is 0 Å². The van der Waals surface area contributed by atoms with Crippen molar-refractivity contribution in [3.8, 4) is 0 Å². The topological polar surface area (TPSA) is 77.9 Å². The van der Waals surface area contributed by atoms with E-state index in [9.17, 15) is 9.90 Å². The smallest absolute Gasteiger partial charge is 0.337 e. The highest BCUT2D eigenvalue weighted by molar-refractivity contribution is 8.00. The van der Waals surface area contributed by atoms with Crippen LogP contribution in [0.5, 0.6) is 0 Å². The number of anilines is 2. The van der Waals surface area contributed by atoms with Crippen molar-refractivity contribution < 1.29 is 14.6 Å². The number of nitrogens with zero attached hydrogens (tertiary/aromatic N) is 3. The molecular formula is C20H26N4O3S. The van der Waals surface area contributed by atoms with E-state index in [1.54, 1.807) is 13.2 Å². The lowest BCUT2D eigenvalue weighted by atomic mass is 10.2. The first-order valence-electron chi connectivity index (χ1n) is 9.26. The maximum Gasteiger partial charge on any atom is 0.337 e. The first-order chi connectivity index (χ1) is 13.6. The molecule has 2 N–H and O–H groups in total. The number of pyridine rings is 1. The van der Waals surface area contributed by atoms with E-state index in [0.29, 0.717) is 0 Å². The number of piperazine rings is 1. The molecule has 0 amide bonds. The van der Waals surface area contributed by atoms with Gasteiger partial charge in [-0.05, 0) is 42.6 Å². The van der Waals surface area contributed by atoms with Crippen molar-refractivity contribution in [2.45, 2.75) is 11.8 Å². The van der Waals surface area contributed by atoms with Gasteiger partial charge >= 0.3 is 5.97 Å². The second-order valence-corrected chi connectivity index (χ2v) is 7.62. The molecule has 1 aromatic heterocycles. The number of hydrogen-bond acceptors (Lipinski definition) is 7. The third-order valence-electron chi connectivity index (χ3n) is 4.67. The summed E-state index contributed by atoms with van der Waals surface area (Å²) in [5, 5.41) is 9.34. The predicted molar refractivity (Wildman–Crippen MR) is 112 cm³/mol. The molecule has 2 aromatic rings. The van der Waals surface area contributed by atoms with Gasteiger partial charge in [-0.25, -0.2) is 9.78 Å². The summed E-state index contributed by atoms with van der Waals surface area (Å²) in [6, 6.07) is 9.81. The third-order valence-corrected chi connectivity index (χ3v) is 5.48. The summed E-state index contributed by atoms with van der Waals surface area (Å²) in [4.78, 5) is 21.5. The van der Waals surface area contributed by atoms with Crippen molar-refractivity contribution in [3.63, 3.8) is 0 Å². The Kier molecular flexibility index (Phi) is 7.13. The van der Waals surface area contributed by atoms with E-state index >= 15 is 0 Å². The van der Waals surface area contributed by atoms with Crippen LogP contribution >= 0.6 is 11.9 Å². The highest BCUT2D eigenvalue weighted by Crippen LogP contribution is 2.30. The molecule has 3 rings (SSSR count). The molecule has 2 heterocycles. The van der Waals surface area contributed by atoms with Crippen LogP contribution in [0.25, 0.3) is 0 Å². The maximum atomic E-state index is 11.4. The largest absolute Gasteiger partial charge is 0.478 e. The summed E-state index contributed by atoms with van der Waals surface area (Å²) >= 11 is 1.46. The van der Waals surface area contributed by atoms with Crippen molar-refractivity contribution in [2.75, 3.05) is 56.1 Å². The molecule has 7 nitrogen and oxygen atoms in total. The van der Waals surface area contributed by atoms with Gasteiger partial charge in [0.15, 0.2) is 5.82 Å². The zero-order valence-electron chi connectivity index (χ0n) is 16.2. The van der Waals surface area contributed by atoms with Crippen molar-refractivity contribution in [1.29, 1.82) is 0 Å². The fourth-order valence-corrected chi connectivity index (χ4v) is 3.87. The lowest BCUT2D eigenvalue weighted by Crippen LogP contribution is -2.47. The number of carbonyl (C=O) groups is 1. The van der Waals surface area contributed by atoms with Gasteiger partial charge in [-0.1, -0.05) is 12.1 Å². The molecule has 1 saturated heterocycles. The Morgan fingerprint density at radius 1 is 1.29 bits per heavy atom. The Morgan fingerprint density at radius 3 is 2.75 bits per heavy atom. The molecule has 0 aliphatic carbocycles. The second-order valence-electron chi connectivity index (χ2n) is 6.74. The van der Waals surface area contributed by atoms with Crippen LogP contribution < -0.4 is 9.62 Å². The average Bonchev–Trinajstić information content (AvgIpc) is 2.71. The minimum atomic E-state index is -0.980. The molecule has 0 bridgehead atoms. The van der Waals surface area contributed by atoms with Crippen molar-refractivity contribution in [1.82, 2.24) is 9.88 Å². The van der Waals surface area contributed by atoms with E-state index in [4.69, 9.17) is 4.74 Å². The summed E-state index contributed by atoms with van der Waals surface area (Å²) in [7, 11) is 1.72. The van der Waals surface area contributed by atoms with E-state index in [0.717, 1.165) is 55.7 Å². The molecule has 0 unspecified atom stereocenters. The van der Waals surface area contributed by atoms with E-state index in [-0.39, 0.29) is 5.56 Å². The second kappa shape index (κ2) is 9.77. The lowest BCUT2D eigenvalue weighted by molar-refractivity contribution is 0.0696. The van der Waals surface area contributed by atoms with Crippen molar-refractivity contribution in [3.05, 3.63) is 47.7 Å². The normalized spacial score (nSPS) is 14.9. The van der Waals surface area contributed by atoms with Crippen LogP contribution in [0.2, 0.25) is 0 Å². The molecule has 150 valence electrons. The van der Waals surface area contributed by atoms with Crippen LogP contribution in [0.15, 0.2) is 41.4 Å². The highest BCUT2D eigenvalue weighted by atomic mass is 32.2. The molecule has 1 aromatic carbocycles. The van der Waals surface area contributed by atoms with Gasteiger partial charge in [-0.3, -0.25) is 4.90 Å². The number of methoxy groups -OCH3 is 1. The molecule has 8 heteroatoms. The molecule has 0 radical (unpaired) electrons. The Bertz CT molecular complexity index is 810. The zero-order chi connectivity index (χ0) is 19.9. The van der Waals surface area contributed by atoms with Crippen molar-refractivity contribution >= 4 is 29.4 Å². The summed E-state index contributed by atoms with van der Waals surface area (Å²) in [6.07, 6.45) is 1.43. The minimum absolute atomic E-state index is 0.176. The number of aromatic carboxylic acids is 1. The Balaban J connectivity index is 1.74. The minimum Gasteiger partial charge on any atom is -0.478 e. The molecule has 0 spiro atoms. The first-order valence-corrected chi connectivity index (χ1v) is 10.1. The van der Waals surface area contributed by atoms with Crippen LogP contribution in [0.4, 0.5) is 11.5 Å². The first kappa shape index (κ1) is 20.4. The summed E-state index contributed by atoms with van der Waals surface area (Å²) in [5.74, 6) is -0.191. The SMILES string of the molecule is COCCN1CCN(c2ncc(C(=O)O)cc2NSc2cccc(C)c2)CC1. The third kappa shape index (κ3) is 5.37. The molecular weight excluding hydrogens is 376 g/mol. The standard InChI is InChI=1S/C20H26N4O3S/c1-15-4-3-5-17(12-15)28-22-18-13-16(20(25)26)14-21-19(18)24-8-6-23(7-9-24)10-11-27-2/h3-5,12-14,22H,6-11H2,1-2H3,(H,25,26). The molecule has 1 aliphatic rings. The van der Waals surface area contributed by atoms with Gasteiger partial charge in [0.05, 0.1) is 17.9 Å². The Labute approximate surface area is 169 Å². The van der Waals surface area contributed by atoms with Crippen LogP contribution in [0, 0.1) is 6.92 Å². The van der Waals surface area contributed by atoms with Crippen LogP contribution in [-0.2, 0) is 4.74 Å². The van der Waals surface area contributed by atoms with Gasteiger partial charge in [0, 0.05) is 50.9 Å². The molecule has 1 aliphatic heterocycles. The number of nitrogens with one attached hydrogen (secondary N) is 1. The fourth-order valence-electron chi connectivity index (χ4n) is 3.10. The van der Waals surface area contributed by atoms with Crippen LogP contribution in [-0.4, -0.2) is 67.4 Å². The van der Waals surface area contributed by atoms with E-state index in [1.165, 1.54) is 23.7 Å². The highest BCUT2D eigenvalue weighted by Gasteiger charge is 2.21. The molecule has 1 fully saturated rings. The predicted octanol–water partition coefficient (Wildman–Crippen LogP) is 2.98. The number of hydrogen-bond donors (Lipinski definition) is 2. The van der Waals surface area contributed by atoms with E-state index < -0.39 is 5.97 Å². The Hall–Kier alpha value is -2.29. The zero-order valence-corrected chi connectivity index (χ0v) is 17.0. The summed E-state index contributed by atoms with van der Waals surface area (Å²) < 4.78 is 8.47. The van der Waals surface area contributed by atoms with Gasteiger partial charge in [0.1, 0.15) is 0 Å². The number of ether oxygens (including phenoxy) is 1. The number of aryl methyl sites for hydroxylation is 1. The quantitative estimate of drug-likeness (QED) is 0.653. The number of benzene rings is 1. The summed E-state index contributed by atoms with van der Waals surface area (Å²) in [6.45, 7) is 7.23. The fraction of sp³-hybridized carbons (Fsp3) is 0.400. The number of carboxylic acids is 1. The van der Waals surface area contributed by atoms with Gasteiger partial charge < -0.3 is 19.5 Å². The lowest BCUT2D eigenvalue weighted by Gasteiger charge is -2.36. The van der Waals surface area contributed by atoms with E-state index in [2.05, 4.69) is 25.6 Å². The van der Waals surface area contributed by atoms with Gasteiger partial charge in [-0.15, -0.1) is 0 Å². The van der Waals surface area contributed by atoms with Crippen LogP contribution in [0.1, 0.15) is 15.9 Å². The van der Waals surface area contributed by atoms with Gasteiger partial charge in [0.25, 0.3) is 0 Å². The van der Waals surface area contributed by atoms with E-state index in [1.807, 2.05) is 25.1 Å².